The summed E-state index contributed by atoms with van der Waals surface area (Å²) in [6.45, 7) is 2.76. The second-order valence-corrected chi connectivity index (χ2v) is 9.01. The zero-order valence-electron chi connectivity index (χ0n) is 17.4. The molecule has 2 aromatic carbocycles. The van der Waals surface area contributed by atoms with Crippen LogP contribution in [0, 0.1) is 0 Å². The Morgan fingerprint density at radius 2 is 1.84 bits per heavy atom. The number of hydrogen-bond donors (Lipinski definition) is 1. The van der Waals surface area contributed by atoms with Gasteiger partial charge >= 0.3 is 0 Å². The number of hydrogen-bond acceptors (Lipinski definition) is 3. The van der Waals surface area contributed by atoms with Gasteiger partial charge in [-0.3, -0.25) is 9.59 Å². The number of fused-ring (bicyclic) bond motifs is 1. The molecule has 2 aliphatic rings. The van der Waals surface area contributed by atoms with Crippen LogP contribution in [0.25, 0.3) is 0 Å². The molecule has 0 radical (unpaired) electrons. The van der Waals surface area contributed by atoms with Gasteiger partial charge in [0.15, 0.2) is 0 Å². The summed E-state index contributed by atoms with van der Waals surface area (Å²) in [5.74, 6) is 0.481. The smallest absolute Gasteiger partial charge is 0.256 e. The Kier molecular flexibility index (Phi) is 4.94. The van der Waals surface area contributed by atoms with Crippen molar-refractivity contribution < 1.29 is 4.79 Å². The molecule has 2 heterocycles. The van der Waals surface area contributed by atoms with Crippen molar-refractivity contribution in [2.45, 2.75) is 44.1 Å². The maximum atomic E-state index is 13.1. The molecule has 5 nitrogen and oxygen atoms in total. The number of benzene rings is 2. The molecule has 1 aliphatic carbocycles. The van der Waals surface area contributed by atoms with Crippen LogP contribution in [-0.4, -0.2) is 27.3 Å². The maximum absolute atomic E-state index is 13.1. The number of halogens is 1. The SMILES string of the molecule is CC(C(=O)N1CCc2nc(C3(c4ccccc4)CC3)[nH]c(=O)c2C1)c1ccc(Cl)cc1. The standard InChI is InChI=1S/C25H24ClN3O2/c1-16(17-7-9-19(26)10-8-17)23(31)29-14-11-21-20(15-29)22(30)28-24(27-21)25(12-13-25)18-5-3-2-4-6-18/h2-10,16H,11-15H2,1H3,(H,27,28,30). The van der Waals surface area contributed by atoms with Gasteiger partial charge in [-0.2, -0.15) is 0 Å². The minimum atomic E-state index is -0.294. The van der Waals surface area contributed by atoms with Crippen LogP contribution in [0.2, 0.25) is 5.02 Å². The fraction of sp³-hybridized carbons (Fsp3) is 0.320. The van der Waals surface area contributed by atoms with Crippen molar-refractivity contribution >= 4 is 17.5 Å². The summed E-state index contributed by atoms with van der Waals surface area (Å²) < 4.78 is 0. The largest absolute Gasteiger partial charge is 0.337 e. The summed E-state index contributed by atoms with van der Waals surface area (Å²) in [4.78, 5) is 35.8. The zero-order chi connectivity index (χ0) is 21.6. The van der Waals surface area contributed by atoms with E-state index in [1.54, 1.807) is 17.0 Å². The number of nitrogens with one attached hydrogen (secondary N) is 1. The second kappa shape index (κ2) is 7.65. The predicted molar refractivity (Wildman–Crippen MR) is 120 cm³/mol. The molecule has 3 aromatic rings. The molecule has 158 valence electrons. The van der Waals surface area contributed by atoms with Crippen molar-refractivity contribution in [3.05, 3.63) is 98.2 Å². The van der Waals surface area contributed by atoms with Gasteiger partial charge in [0.25, 0.3) is 5.56 Å². The van der Waals surface area contributed by atoms with Crippen LogP contribution in [0.3, 0.4) is 0 Å². The lowest BCUT2D eigenvalue weighted by atomic mass is 9.94. The van der Waals surface area contributed by atoms with Crippen LogP contribution in [0.5, 0.6) is 0 Å². The molecule has 0 saturated heterocycles. The minimum absolute atomic E-state index is 0.0133. The van der Waals surface area contributed by atoms with Crippen molar-refractivity contribution in [3.8, 4) is 0 Å². The van der Waals surface area contributed by atoms with Crippen molar-refractivity contribution in [2.75, 3.05) is 6.54 Å². The van der Waals surface area contributed by atoms with E-state index in [-0.39, 0.29) is 22.8 Å². The Balaban J connectivity index is 1.39. The highest BCUT2D eigenvalue weighted by atomic mass is 35.5. The molecule has 1 saturated carbocycles. The fourth-order valence-corrected chi connectivity index (χ4v) is 4.68. The molecular weight excluding hydrogens is 410 g/mol. The highest BCUT2D eigenvalue weighted by molar-refractivity contribution is 6.30. The van der Waals surface area contributed by atoms with E-state index in [0.29, 0.717) is 30.1 Å². The number of aromatic amines is 1. The molecule has 0 bridgehead atoms. The average molecular weight is 434 g/mol. The van der Waals surface area contributed by atoms with E-state index in [0.717, 1.165) is 29.9 Å². The van der Waals surface area contributed by atoms with Gasteiger partial charge in [0.05, 0.1) is 29.1 Å². The molecule has 1 aromatic heterocycles. The molecule has 1 aliphatic heterocycles. The molecule has 1 atom stereocenters. The van der Waals surface area contributed by atoms with Crippen LogP contribution in [-0.2, 0) is 23.2 Å². The van der Waals surface area contributed by atoms with Gasteiger partial charge in [-0.15, -0.1) is 0 Å². The van der Waals surface area contributed by atoms with Crippen molar-refractivity contribution in [1.82, 2.24) is 14.9 Å². The van der Waals surface area contributed by atoms with Crippen molar-refractivity contribution in [1.29, 1.82) is 0 Å². The molecular formula is C25H24ClN3O2. The molecule has 1 N–H and O–H groups in total. The van der Waals surface area contributed by atoms with Gasteiger partial charge in [0, 0.05) is 18.0 Å². The lowest BCUT2D eigenvalue weighted by Gasteiger charge is -2.30. The zero-order valence-corrected chi connectivity index (χ0v) is 18.2. The summed E-state index contributed by atoms with van der Waals surface area (Å²) >= 11 is 5.97. The van der Waals surface area contributed by atoms with Gasteiger partial charge in [0.1, 0.15) is 5.82 Å². The number of carbonyl (C=O) groups excluding carboxylic acids is 1. The van der Waals surface area contributed by atoms with Gasteiger partial charge in [0.2, 0.25) is 5.91 Å². The normalized spacial score (nSPS) is 17.7. The summed E-state index contributed by atoms with van der Waals surface area (Å²) in [5.41, 5.74) is 3.24. The lowest BCUT2D eigenvalue weighted by molar-refractivity contribution is -0.133. The van der Waals surface area contributed by atoms with Crippen molar-refractivity contribution in [2.24, 2.45) is 0 Å². The average Bonchev–Trinajstić information content (AvgIpc) is 3.61. The van der Waals surface area contributed by atoms with Crippen LogP contribution < -0.4 is 5.56 Å². The van der Waals surface area contributed by atoms with Gasteiger partial charge in [-0.05, 0) is 43.0 Å². The van der Waals surface area contributed by atoms with Crippen LogP contribution in [0.1, 0.15) is 53.9 Å². The Morgan fingerprint density at radius 3 is 2.52 bits per heavy atom. The number of aromatic nitrogens is 2. The van der Waals surface area contributed by atoms with Crippen molar-refractivity contribution in [3.63, 3.8) is 0 Å². The Labute approximate surface area is 186 Å². The fourth-order valence-electron chi connectivity index (χ4n) is 4.55. The van der Waals surface area contributed by atoms with E-state index in [1.807, 2.05) is 37.3 Å². The minimum Gasteiger partial charge on any atom is -0.337 e. The Bertz CT molecular complexity index is 1180. The first-order valence-electron chi connectivity index (χ1n) is 10.7. The maximum Gasteiger partial charge on any atom is 0.256 e. The predicted octanol–water partition coefficient (Wildman–Crippen LogP) is 4.19. The number of amides is 1. The first-order valence-corrected chi connectivity index (χ1v) is 11.1. The van der Waals surface area contributed by atoms with E-state index >= 15 is 0 Å². The van der Waals surface area contributed by atoms with E-state index in [2.05, 4.69) is 17.1 Å². The molecule has 0 spiro atoms. The summed E-state index contributed by atoms with van der Waals surface area (Å²) in [6, 6.07) is 17.6. The number of H-pyrrole nitrogens is 1. The summed E-state index contributed by atoms with van der Waals surface area (Å²) in [5, 5.41) is 0.646. The second-order valence-electron chi connectivity index (χ2n) is 8.57. The molecule has 6 heteroatoms. The highest BCUT2D eigenvalue weighted by Crippen LogP contribution is 2.51. The molecule has 1 amide bonds. The third kappa shape index (κ3) is 3.57. The third-order valence-corrected chi connectivity index (χ3v) is 6.90. The molecule has 1 fully saturated rings. The number of carbonyl (C=O) groups is 1. The van der Waals surface area contributed by atoms with Gasteiger partial charge in [-0.25, -0.2) is 4.98 Å². The number of rotatable bonds is 4. The van der Waals surface area contributed by atoms with Gasteiger partial charge in [-0.1, -0.05) is 54.1 Å². The van der Waals surface area contributed by atoms with Gasteiger partial charge < -0.3 is 9.88 Å². The third-order valence-electron chi connectivity index (χ3n) is 6.65. The summed E-state index contributed by atoms with van der Waals surface area (Å²) in [6.07, 6.45) is 2.57. The Hall–Kier alpha value is -2.92. The molecule has 1 unspecified atom stereocenters. The van der Waals surface area contributed by atoms with Crippen LogP contribution in [0.4, 0.5) is 0 Å². The summed E-state index contributed by atoms with van der Waals surface area (Å²) in [7, 11) is 0. The number of nitrogens with zero attached hydrogens (tertiary/aromatic N) is 2. The van der Waals surface area contributed by atoms with E-state index < -0.39 is 0 Å². The van der Waals surface area contributed by atoms with E-state index in [9.17, 15) is 9.59 Å². The first-order chi connectivity index (χ1) is 15.0. The monoisotopic (exact) mass is 433 g/mol. The Morgan fingerprint density at radius 1 is 1.13 bits per heavy atom. The van der Waals surface area contributed by atoms with E-state index in [1.165, 1.54) is 5.56 Å². The lowest BCUT2D eigenvalue weighted by Crippen LogP contribution is -2.42. The molecule has 5 rings (SSSR count). The van der Waals surface area contributed by atoms with Crippen LogP contribution in [0.15, 0.2) is 59.4 Å². The van der Waals surface area contributed by atoms with Crippen LogP contribution >= 0.6 is 11.6 Å². The quantitative estimate of drug-likeness (QED) is 0.670. The van der Waals surface area contributed by atoms with E-state index in [4.69, 9.17) is 16.6 Å². The topological polar surface area (TPSA) is 66.1 Å². The first kappa shape index (κ1) is 20.0. The molecule has 31 heavy (non-hydrogen) atoms. The highest BCUT2D eigenvalue weighted by Gasteiger charge is 2.48.